The third-order valence-electron chi connectivity index (χ3n) is 1.75. The van der Waals surface area contributed by atoms with Crippen LogP contribution in [0.4, 0.5) is 0 Å². The number of aromatic amines is 1. The minimum absolute atomic E-state index is 0.0828. The van der Waals surface area contributed by atoms with Crippen LogP contribution < -0.4 is 10.6 Å². The number of hydrogen-bond donors (Lipinski definition) is 3. The van der Waals surface area contributed by atoms with Gasteiger partial charge in [0, 0.05) is 31.9 Å². The number of nitrogens with one attached hydrogen (secondary N) is 3. The molecule has 14 heavy (non-hydrogen) atoms. The molecule has 1 aromatic heterocycles. The molecule has 0 aliphatic rings. The minimum Gasteiger partial charge on any atom is -0.356 e. The zero-order valence-corrected chi connectivity index (χ0v) is 8.34. The summed E-state index contributed by atoms with van der Waals surface area (Å²) in [5, 5.41) is 5.86. The van der Waals surface area contributed by atoms with Crippen LogP contribution in [-0.4, -0.2) is 29.0 Å². The van der Waals surface area contributed by atoms with Gasteiger partial charge in [-0.05, 0) is 6.92 Å². The largest absolute Gasteiger partial charge is 0.356 e. The second-order valence-corrected chi connectivity index (χ2v) is 2.92. The van der Waals surface area contributed by atoms with E-state index in [0.717, 1.165) is 5.82 Å². The van der Waals surface area contributed by atoms with E-state index in [1.54, 1.807) is 12.4 Å². The van der Waals surface area contributed by atoms with Gasteiger partial charge in [-0.25, -0.2) is 4.98 Å². The standard InChI is InChI=1S/C9H16N4O/c1-2-11-9(14)3-4-10-7-8-12-5-6-13-8/h5-6,10H,2-4,7H2,1H3,(H,11,14)(H,12,13). The number of amides is 1. The first-order valence-corrected chi connectivity index (χ1v) is 4.78. The first-order valence-electron chi connectivity index (χ1n) is 4.78. The van der Waals surface area contributed by atoms with Crippen molar-refractivity contribution < 1.29 is 4.79 Å². The first kappa shape index (κ1) is 10.7. The highest BCUT2D eigenvalue weighted by atomic mass is 16.1. The molecular formula is C9H16N4O. The van der Waals surface area contributed by atoms with E-state index in [0.29, 0.717) is 26.1 Å². The predicted molar refractivity (Wildman–Crippen MR) is 53.6 cm³/mol. The van der Waals surface area contributed by atoms with E-state index < -0.39 is 0 Å². The molecule has 0 aliphatic heterocycles. The fourth-order valence-electron chi connectivity index (χ4n) is 1.09. The summed E-state index contributed by atoms with van der Waals surface area (Å²) in [6.45, 7) is 3.95. The van der Waals surface area contributed by atoms with Crippen LogP contribution in [0.5, 0.6) is 0 Å². The summed E-state index contributed by atoms with van der Waals surface area (Å²) < 4.78 is 0. The number of carbonyl (C=O) groups is 1. The van der Waals surface area contributed by atoms with Crippen LogP contribution in [0, 0.1) is 0 Å². The summed E-state index contributed by atoms with van der Waals surface area (Å²) in [5.41, 5.74) is 0. The Balaban J connectivity index is 2.02. The van der Waals surface area contributed by atoms with Gasteiger partial charge in [0.2, 0.25) is 5.91 Å². The van der Waals surface area contributed by atoms with Gasteiger partial charge in [-0.1, -0.05) is 0 Å². The molecule has 0 radical (unpaired) electrons. The van der Waals surface area contributed by atoms with Gasteiger partial charge in [0.25, 0.3) is 0 Å². The van der Waals surface area contributed by atoms with E-state index in [2.05, 4.69) is 20.6 Å². The van der Waals surface area contributed by atoms with Gasteiger partial charge in [0.1, 0.15) is 5.82 Å². The van der Waals surface area contributed by atoms with Gasteiger partial charge in [-0.3, -0.25) is 4.79 Å². The van der Waals surface area contributed by atoms with E-state index in [9.17, 15) is 4.79 Å². The molecule has 1 aromatic rings. The molecule has 5 heteroatoms. The molecule has 0 saturated carbocycles. The van der Waals surface area contributed by atoms with Gasteiger partial charge in [-0.2, -0.15) is 0 Å². The third-order valence-corrected chi connectivity index (χ3v) is 1.75. The Labute approximate surface area is 83.3 Å². The SMILES string of the molecule is CCNC(=O)CCNCc1ncc[nH]1. The Morgan fingerprint density at radius 3 is 3.14 bits per heavy atom. The average Bonchev–Trinajstić information content (AvgIpc) is 2.65. The van der Waals surface area contributed by atoms with E-state index in [1.807, 2.05) is 6.92 Å². The number of imidazole rings is 1. The highest BCUT2D eigenvalue weighted by molar-refractivity contribution is 5.75. The summed E-state index contributed by atoms with van der Waals surface area (Å²) in [4.78, 5) is 18.1. The Morgan fingerprint density at radius 1 is 1.64 bits per heavy atom. The Kier molecular flexibility index (Phi) is 4.71. The normalized spacial score (nSPS) is 10.1. The lowest BCUT2D eigenvalue weighted by Crippen LogP contribution is -2.27. The maximum absolute atomic E-state index is 11.0. The van der Waals surface area contributed by atoms with Gasteiger partial charge >= 0.3 is 0 Å². The molecule has 0 atom stereocenters. The van der Waals surface area contributed by atoms with Crippen LogP contribution >= 0.6 is 0 Å². The summed E-state index contributed by atoms with van der Waals surface area (Å²) in [7, 11) is 0. The lowest BCUT2D eigenvalue weighted by atomic mass is 10.4. The van der Waals surface area contributed by atoms with Crippen LogP contribution in [0.3, 0.4) is 0 Å². The van der Waals surface area contributed by atoms with E-state index in [4.69, 9.17) is 0 Å². The molecule has 0 saturated heterocycles. The zero-order valence-electron chi connectivity index (χ0n) is 8.34. The molecule has 0 fully saturated rings. The van der Waals surface area contributed by atoms with E-state index >= 15 is 0 Å². The number of carbonyl (C=O) groups excluding carboxylic acids is 1. The van der Waals surface area contributed by atoms with Crippen LogP contribution in [0.1, 0.15) is 19.2 Å². The molecular weight excluding hydrogens is 180 g/mol. The monoisotopic (exact) mass is 196 g/mol. The van der Waals surface area contributed by atoms with Crippen molar-refractivity contribution in [2.45, 2.75) is 19.9 Å². The number of nitrogens with zero attached hydrogens (tertiary/aromatic N) is 1. The van der Waals surface area contributed by atoms with Gasteiger partial charge < -0.3 is 15.6 Å². The predicted octanol–water partition coefficient (Wildman–Crippen LogP) is 0.0255. The van der Waals surface area contributed by atoms with Crippen molar-refractivity contribution in [3.05, 3.63) is 18.2 Å². The summed E-state index contributed by atoms with van der Waals surface area (Å²) in [5.74, 6) is 0.973. The number of rotatable bonds is 6. The van der Waals surface area contributed by atoms with Crippen molar-refractivity contribution in [2.24, 2.45) is 0 Å². The fraction of sp³-hybridized carbons (Fsp3) is 0.556. The summed E-state index contributed by atoms with van der Waals surface area (Å²) in [6, 6.07) is 0. The average molecular weight is 196 g/mol. The van der Waals surface area contributed by atoms with Crippen molar-refractivity contribution in [1.82, 2.24) is 20.6 Å². The molecule has 1 rings (SSSR count). The third kappa shape index (κ3) is 4.04. The lowest BCUT2D eigenvalue weighted by molar-refractivity contribution is -0.120. The molecule has 0 unspecified atom stereocenters. The molecule has 0 aliphatic carbocycles. The second kappa shape index (κ2) is 6.15. The van der Waals surface area contributed by atoms with Crippen molar-refractivity contribution in [3.63, 3.8) is 0 Å². The van der Waals surface area contributed by atoms with Crippen molar-refractivity contribution in [1.29, 1.82) is 0 Å². The van der Waals surface area contributed by atoms with Gasteiger partial charge in [0.15, 0.2) is 0 Å². The van der Waals surface area contributed by atoms with Crippen LogP contribution in [0.25, 0.3) is 0 Å². The molecule has 5 nitrogen and oxygen atoms in total. The maximum Gasteiger partial charge on any atom is 0.221 e. The molecule has 0 spiro atoms. The molecule has 0 aromatic carbocycles. The van der Waals surface area contributed by atoms with Crippen LogP contribution in [0.15, 0.2) is 12.4 Å². The van der Waals surface area contributed by atoms with Crippen molar-refractivity contribution in [2.75, 3.05) is 13.1 Å². The number of H-pyrrole nitrogens is 1. The van der Waals surface area contributed by atoms with Crippen molar-refractivity contribution >= 4 is 5.91 Å². The smallest absolute Gasteiger partial charge is 0.221 e. The molecule has 3 N–H and O–H groups in total. The van der Waals surface area contributed by atoms with E-state index in [1.165, 1.54) is 0 Å². The molecule has 1 amide bonds. The molecule has 78 valence electrons. The second-order valence-electron chi connectivity index (χ2n) is 2.92. The first-order chi connectivity index (χ1) is 6.83. The highest BCUT2D eigenvalue weighted by Gasteiger charge is 1.98. The summed E-state index contributed by atoms with van der Waals surface area (Å²) >= 11 is 0. The van der Waals surface area contributed by atoms with Gasteiger partial charge in [-0.15, -0.1) is 0 Å². The highest BCUT2D eigenvalue weighted by Crippen LogP contribution is 1.86. The zero-order chi connectivity index (χ0) is 10.2. The van der Waals surface area contributed by atoms with Crippen molar-refractivity contribution in [3.8, 4) is 0 Å². The Hall–Kier alpha value is -1.36. The van der Waals surface area contributed by atoms with E-state index in [-0.39, 0.29) is 5.91 Å². The quantitative estimate of drug-likeness (QED) is 0.562. The number of hydrogen-bond acceptors (Lipinski definition) is 3. The number of aromatic nitrogens is 2. The van der Waals surface area contributed by atoms with Gasteiger partial charge in [0.05, 0.1) is 6.54 Å². The fourth-order valence-corrected chi connectivity index (χ4v) is 1.09. The molecule has 1 heterocycles. The minimum atomic E-state index is 0.0828. The summed E-state index contributed by atoms with van der Waals surface area (Å²) in [6.07, 6.45) is 4.00. The topological polar surface area (TPSA) is 69.8 Å². The Morgan fingerprint density at radius 2 is 2.50 bits per heavy atom. The maximum atomic E-state index is 11.0. The Bertz CT molecular complexity index is 258. The van der Waals surface area contributed by atoms with Crippen LogP contribution in [0.2, 0.25) is 0 Å². The lowest BCUT2D eigenvalue weighted by Gasteiger charge is -2.02. The molecule has 0 bridgehead atoms. The van der Waals surface area contributed by atoms with Crippen LogP contribution in [-0.2, 0) is 11.3 Å².